The highest BCUT2D eigenvalue weighted by Gasteiger charge is 2.04. The summed E-state index contributed by atoms with van der Waals surface area (Å²) in [5.74, 6) is 0. The maximum Gasteiger partial charge on any atom is 0.130 e. The van der Waals surface area contributed by atoms with E-state index in [1.807, 2.05) is 48.5 Å². The molecular weight excluding hydrogens is 246 g/mol. The van der Waals surface area contributed by atoms with Crippen molar-refractivity contribution in [3.8, 4) is 29.3 Å². The van der Waals surface area contributed by atoms with Crippen LogP contribution in [0, 0.1) is 34.0 Å². The van der Waals surface area contributed by atoms with Gasteiger partial charge in [0.25, 0.3) is 0 Å². The Hall–Kier alpha value is -3.35. The zero-order valence-corrected chi connectivity index (χ0v) is 10.5. The van der Waals surface area contributed by atoms with Crippen LogP contribution in [-0.4, -0.2) is 0 Å². The standard InChI is InChI=1S/C17H9N3/c18-10-13-5-7-15(8-6-13)17-4-2-1-3-16(17)9-14(11-19)12-20/h1-9H. The van der Waals surface area contributed by atoms with Gasteiger partial charge in [0, 0.05) is 0 Å². The molecule has 0 heterocycles. The van der Waals surface area contributed by atoms with Gasteiger partial charge in [-0.2, -0.15) is 15.8 Å². The summed E-state index contributed by atoms with van der Waals surface area (Å²) in [5.41, 5.74) is 3.31. The fourth-order valence-electron chi connectivity index (χ4n) is 1.86. The predicted molar refractivity (Wildman–Crippen MR) is 75.8 cm³/mol. The predicted octanol–water partition coefficient (Wildman–Crippen LogP) is 3.66. The number of nitriles is 3. The Bertz CT molecular complexity index is 763. The Morgan fingerprint density at radius 3 is 2.10 bits per heavy atom. The molecule has 3 nitrogen and oxygen atoms in total. The molecule has 0 aromatic heterocycles. The van der Waals surface area contributed by atoms with E-state index in [9.17, 15) is 0 Å². The van der Waals surface area contributed by atoms with Crippen LogP contribution in [0.25, 0.3) is 17.2 Å². The van der Waals surface area contributed by atoms with E-state index in [1.165, 1.54) is 0 Å². The van der Waals surface area contributed by atoms with Gasteiger partial charge in [-0.25, -0.2) is 0 Å². The summed E-state index contributed by atoms with van der Waals surface area (Å²) >= 11 is 0. The fourth-order valence-corrected chi connectivity index (χ4v) is 1.86. The van der Waals surface area contributed by atoms with E-state index in [2.05, 4.69) is 6.07 Å². The van der Waals surface area contributed by atoms with Crippen LogP contribution in [0.1, 0.15) is 11.1 Å². The second-order valence-corrected chi connectivity index (χ2v) is 4.06. The first-order valence-electron chi connectivity index (χ1n) is 5.90. The summed E-state index contributed by atoms with van der Waals surface area (Å²) in [6.07, 6.45) is 1.56. The molecule has 0 bridgehead atoms. The normalized spacial score (nSPS) is 8.85. The van der Waals surface area contributed by atoms with Crippen molar-refractivity contribution >= 4 is 6.08 Å². The highest BCUT2D eigenvalue weighted by atomic mass is 14.3. The van der Waals surface area contributed by atoms with Crippen molar-refractivity contribution in [1.82, 2.24) is 0 Å². The second kappa shape index (κ2) is 6.01. The summed E-state index contributed by atoms with van der Waals surface area (Å²) in [5, 5.41) is 26.5. The van der Waals surface area contributed by atoms with Gasteiger partial charge in [0.2, 0.25) is 0 Å². The largest absolute Gasteiger partial charge is 0.192 e. The van der Waals surface area contributed by atoms with Gasteiger partial charge in [0.1, 0.15) is 17.7 Å². The zero-order chi connectivity index (χ0) is 14.4. The van der Waals surface area contributed by atoms with Crippen LogP contribution in [0.15, 0.2) is 54.1 Å². The van der Waals surface area contributed by atoms with Gasteiger partial charge < -0.3 is 0 Å². The molecule has 0 amide bonds. The third kappa shape index (κ3) is 2.72. The average Bonchev–Trinajstić information content (AvgIpc) is 2.53. The van der Waals surface area contributed by atoms with Gasteiger partial charge in [-0.1, -0.05) is 36.4 Å². The molecule has 0 spiro atoms. The molecule has 0 aliphatic carbocycles. The molecule has 20 heavy (non-hydrogen) atoms. The van der Waals surface area contributed by atoms with E-state index in [1.54, 1.807) is 18.2 Å². The minimum Gasteiger partial charge on any atom is -0.192 e. The molecule has 0 atom stereocenters. The molecular formula is C17H9N3. The average molecular weight is 255 g/mol. The van der Waals surface area contributed by atoms with Crippen LogP contribution in [-0.2, 0) is 0 Å². The molecule has 0 aliphatic heterocycles. The van der Waals surface area contributed by atoms with Crippen molar-refractivity contribution in [3.63, 3.8) is 0 Å². The molecule has 0 saturated carbocycles. The van der Waals surface area contributed by atoms with Crippen LogP contribution in [0.5, 0.6) is 0 Å². The van der Waals surface area contributed by atoms with Gasteiger partial charge >= 0.3 is 0 Å². The van der Waals surface area contributed by atoms with Crippen LogP contribution >= 0.6 is 0 Å². The van der Waals surface area contributed by atoms with E-state index in [0.717, 1.165) is 16.7 Å². The maximum atomic E-state index is 8.84. The zero-order valence-electron chi connectivity index (χ0n) is 10.5. The van der Waals surface area contributed by atoms with Crippen molar-refractivity contribution in [2.24, 2.45) is 0 Å². The van der Waals surface area contributed by atoms with Crippen LogP contribution in [0.3, 0.4) is 0 Å². The summed E-state index contributed by atoms with van der Waals surface area (Å²) < 4.78 is 0. The number of hydrogen-bond acceptors (Lipinski definition) is 3. The Labute approximate surface area is 117 Å². The maximum absolute atomic E-state index is 8.84. The van der Waals surface area contributed by atoms with Crippen LogP contribution in [0.2, 0.25) is 0 Å². The topological polar surface area (TPSA) is 71.4 Å². The lowest BCUT2D eigenvalue weighted by atomic mass is 9.97. The summed E-state index contributed by atoms with van der Waals surface area (Å²) in [7, 11) is 0. The van der Waals surface area contributed by atoms with E-state index in [-0.39, 0.29) is 5.57 Å². The van der Waals surface area contributed by atoms with Gasteiger partial charge in [0.05, 0.1) is 11.6 Å². The minimum atomic E-state index is 0.0612. The van der Waals surface area contributed by atoms with Crippen molar-refractivity contribution in [2.45, 2.75) is 0 Å². The number of hydrogen-bond donors (Lipinski definition) is 0. The summed E-state index contributed by atoms with van der Waals surface area (Å²) in [6.45, 7) is 0. The Balaban J connectivity index is 2.53. The summed E-state index contributed by atoms with van der Waals surface area (Å²) in [4.78, 5) is 0. The number of benzene rings is 2. The Morgan fingerprint density at radius 1 is 0.850 bits per heavy atom. The molecule has 3 heteroatoms. The Morgan fingerprint density at radius 2 is 1.50 bits per heavy atom. The van der Waals surface area contributed by atoms with Crippen LogP contribution < -0.4 is 0 Å². The van der Waals surface area contributed by atoms with Crippen molar-refractivity contribution in [1.29, 1.82) is 15.8 Å². The van der Waals surface area contributed by atoms with Crippen molar-refractivity contribution < 1.29 is 0 Å². The third-order valence-corrected chi connectivity index (χ3v) is 2.83. The van der Waals surface area contributed by atoms with Crippen LogP contribution in [0.4, 0.5) is 0 Å². The number of rotatable bonds is 2. The smallest absolute Gasteiger partial charge is 0.130 e. The van der Waals surface area contributed by atoms with Gasteiger partial charge in [-0.05, 0) is 34.9 Å². The molecule has 0 N–H and O–H groups in total. The lowest BCUT2D eigenvalue weighted by Crippen LogP contribution is -1.85. The molecule has 2 aromatic rings. The molecule has 0 fully saturated rings. The minimum absolute atomic E-state index is 0.0612. The SMILES string of the molecule is N#CC(C#N)=Cc1ccccc1-c1ccc(C#N)cc1. The molecule has 2 rings (SSSR count). The number of nitrogens with zero attached hydrogens (tertiary/aromatic N) is 3. The van der Waals surface area contributed by atoms with E-state index >= 15 is 0 Å². The highest BCUT2D eigenvalue weighted by molar-refractivity contribution is 5.78. The first-order chi connectivity index (χ1) is 9.78. The summed E-state index contributed by atoms with van der Waals surface area (Å²) in [6, 6.07) is 20.5. The quantitative estimate of drug-likeness (QED) is 0.769. The monoisotopic (exact) mass is 255 g/mol. The fraction of sp³-hybridized carbons (Fsp3) is 0. The van der Waals surface area contributed by atoms with E-state index < -0.39 is 0 Å². The van der Waals surface area contributed by atoms with Gasteiger partial charge in [-0.3, -0.25) is 0 Å². The third-order valence-electron chi connectivity index (χ3n) is 2.83. The van der Waals surface area contributed by atoms with E-state index in [4.69, 9.17) is 15.8 Å². The molecule has 0 saturated heterocycles. The van der Waals surface area contributed by atoms with Gasteiger partial charge in [0.15, 0.2) is 0 Å². The number of allylic oxidation sites excluding steroid dienone is 1. The highest BCUT2D eigenvalue weighted by Crippen LogP contribution is 2.25. The molecule has 0 unspecified atom stereocenters. The first kappa shape index (κ1) is 13.1. The van der Waals surface area contributed by atoms with Gasteiger partial charge in [-0.15, -0.1) is 0 Å². The first-order valence-corrected chi connectivity index (χ1v) is 5.90. The molecule has 0 aliphatic rings. The molecule has 92 valence electrons. The lowest BCUT2D eigenvalue weighted by molar-refractivity contribution is 1.47. The van der Waals surface area contributed by atoms with Crippen molar-refractivity contribution in [3.05, 3.63) is 65.2 Å². The molecule has 2 aromatic carbocycles. The van der Waals surface area contributed by atoms with Crippen molar-refractivity contribution in [2.75, 3.05) is 0 Å². The second-order valence-electron chi connectivity index (χ2n) is 4.06. The van der Waals surface area contributed by atoms with E-state index in [0.29, 0.717) is 5.56 Å². The Kier molecular flexibility index (Phi) is 3.93. The lowest BCUT2D eigenvalue weighted by Gasteiger charge is -2.06. The molecule has 0 radical (unpaired) electrons.